The number of likely N-dealkylation sites (tertiary alicyclic amines) is 1. The number of benzene rings is 1. The van der Waals surface area contributed by atoms with Crippen LogP contribution in [0.2, 0.25) is 0 Å². The van der Waals surface area contributed by atoms with E-state index in [1.807, 2.05) is 30.0 Å². The van der Waals surface area contributed by atoms with E-state index in [0.717, 1.165) is 49.1 Å². The Kier molecular flexibility index (Phi) is 4.44. The minimum Gasteiger partial charge on any atom is -0.441 e. The molecule has 0 atom stereocenters. The van der Waals surface area contributed by atoms with Gasteiger partial charge in [0.25, 0.3) is 0 Å². The summed E-state index contributed by atoms with van der Waals surface area (Å²) in [6, 6.07) is 7.75. The van der Waals surface area contributed by atoms with Gasteiger partial charge in [-0.05, 0) is 59.3 Å². The van der Waals surface area contributed by atoms with Crippen LogP contribution in [0.1, 0.15) is 37.1 Å². The number of piperidine rings is 1. The number of hydrogen-bond donors (Lipinski definition) is 1. The molecule has 25 heavy (non-hydrogen) atoms. The van der Waals surface area contributed by atoms with Crippen molar-refractivity contribution in [3.8, 4) is 0 Å². The molecule has 5 nitrogen and oxygen atoms in total. The molecule has 2 aromatic heterocycles. The minimum absolute atomic E-state index is 0.0395. The van der Waals surface area contributed by atoms with E-state index in [2.05, 4.69) is 27.1 Å². The number of urea groups is 1. The number of anilines is 1. The SMILES string of the molecule is CCc1nc2cc(NC(=O)N3CCC(c4ccsc4)CC3)ccc2o1. The second-order valence-corrected chi connectivity index (χ2v) is 7.17. The van der Waals surface area contributed by atoms with Crippen molar-refractivity contribution < 1.29 is 9.21 Å². The number of carbonyl (C=O) groups excluding carboxylic acids is 1. The molecule has 1 fully saturated rings. The van der Waals surface area contributed by atoms with Gasteiger partial charge in [-0.25, -0.2) is 9.78 Å². The number of nitrogens with zero attached hydrogens (tertiary/aromatic N) is 2. The number of rotatable bonds is 3. The fourth-order valence-corrected chi connectivity index (χ4v) is 4.07. The zero-order chi connectivity index (χ0) is 17.2. The highest BCUT2D eigenvalue weighted by Crippen LogP contribution is 2.29. The van der Waals surface area contributed by atoms with Gasteiger partial charge in [-0.2, -0.15) is 11.3 Å². The normalized spacial score (nSPS) is 15.6. The van der Waals surface area contributed by atoms with Crippen molar-refractivity contribution in [3.63, 3.8) is 0 Å². The lowest BCUT2D eigenvalue weighted by molar-refractivity contribution is 0.194. The van der Waals surface area contributed by atoms with Gasteiger partial charge < -0.3 is 14.6 Å². The molecule has 0 bridgehead atoms. The molecule has 2 amide bonds. The molecule has 0 radical (unpaired) electrons. The van der Waals surface area contributed by atoms with E-state index in [4.69, 9.17) is 4.42 Å². The third-order valence-corrected chi connectivity index (χ3v) is 5.48. The van der Waals surface area contributed by atoms with Crippen molar-refractivity contribution >= 4 is 34.2 Å². The lowest BCUT2D eigenvalue weighted by Gasteiger charge is -2.31. The van der Waals surface area contributed by atoms with Gasteiger partial charge in [-0.15, -0.1) is 0 Å². The van der Waals surface area contributed by atoms with Gasteiger partial charge in [-0.1, -0.05) is 6.92 Å². The largest absolute Gasteiger partial charge is 0.441 e. The molecule has 0 saturated carbocycles. The summed E-state index contributed by atoms with van der Waals surface area (Å²) in [4.78, 5) is 18.8. The molecule has 0 aliphatic carbocycles. The maximum atomic E-state index is 12.5. The summed E-state index contributed by atoms with van der Waals surface area (Å²) in [5.74, 6) is 1.29. The van der Waals surface area contributed by atoms with Crippen LogP contribution in [0.5, 0.6) is 0 Å². The quantitative estimate of drug-likeness (QED) is 0.730. The summed E-state index contributed by atoms with van der Waals surface area (Å²) in [5.41, 5.74) is 3.71. The highest BCUT2D eigenvalue weighted by molar-refractivity contribution is 7.07. The van der Waals surface area contributed by atoms with Gasteiger partial charge in [0.15, 0.2) is 11.5 Å². The molecular weight excluding hydrogens is 334 g/mol. The van der Waals surface area contributed by atoms with Crippen molar-refractivity contribution in [2.45, 2.75) is 32.1 Å². The third-order valence-electron chi connectivity index (χ3n) is 4.78. The van der Waals surface area contributed by atoms with E-state index in [-0.39, 0.29) is 6.03 Å². The van der Waals surface area contributed by atoms with Gasteiger partial charge in [-0.3, -0.25) is 0 Å². The van der Waals surface area contributed by atoms with E-state index < -0.39 is 0 Å². The monoisotopic (exact) mass is 355 g/mol. The molecule has 3 heterocycles. The van der Waals surface area contributed by atoms with Crippen LogP contribution >= 0.6 is 11.3 Å². The fourth-order valence-electron chi connectivity index (χ4n) is 3.33. The number of aryl methyl sites for hydroxylation is 1. The third kappa shape index (κ3) is 3.39. The molecule has 0 spiro atoms. The number of aromatic nitrogens is 1. The van der Waals surface area contributed by atoms with Gasteiger partial charge in [0.2, 0.25) is 0 Å². The predicted octanol–water partition coefficient (Wildman–Crippen LogP) is 4.86. The Morgan fingerprint density at radius 2 is 2.20 bits per heavy atom. The molecule has 1 N–H and O–H groups in total. The number of oxazole rings is 1. The van der Waals surface area contributed by atoms with Crippen molar-refractivity contribution in [2.24, 2.45) is 0 Å². The maximum absolute atomic E-state index is 12.5. The Morgan fingerprint density at radius 1 is 1.36 bits per heavy atom. The first-order valence-corrected chi connectivity index (χ1v) is 9.64. The lowest BCUT2D eigenvalue weighted by atomic mass is 9.91. The molecule has 3 aromatic rings. The predicted molar refractivity (Wildman–Crippen MR) is 100 cm³/mol. The van der Waals surface area contributed by atoms with Crippen LogP contribution in [-0.2, 0) is 6.42 Å². The summed E-state index contributed by atoms with van der Waals surface area (Å²) < 4.78 is 5.61. The summed E-state index contributed by atoms with van der Waals surface area (Å²) in [6.45, 7) is 3.59. The number of fused-ring (bicyclic) bond motifs is 1. The molecule has 1 aliphatic rings. The zero-order valence-electron chi connectivity index (χ0n) is 14.2. The second kappa shape index (κ2) is 6.88. The van der Waals surface area contributed by atoms with Crippen molar-refractivity contribution in [2.75, 3.05) is 18.4 Å². The van der Waals surface area contributed by atoms with E-state index in [1.165, 1.54) is 5.56 Å². The van der Waals surface area contributed by atoms with Gasteiger partial charge in [0.1, 0.15) is 5.52 Å². The van der Waals surface area contributed by atoms with Crippen LogP contribution in [0, 0.1) is 0 Å². The summed E-state index contributed by atoms with van der Waals surface area (Å²) >= 11 is 1.74. The van der Waals surface area contributed by atoms with Gasteiger partial charge in [0.05, 0.1) is 0 Å². The molecule has 1 aromatic carbocycles. The van der Waals surface area contributed by atoms with Crippen LogP contribution in [0.15, 0.2) is 39.4 Å². The van der Waals surface area contributed by atoms with E-state index in [0.29, 0.717) is 11.8 Å². The van der Waals surface area contributed by atoms with E-state index >= 15 is 0 Å². The zero-order valence-corrected chi connectivity index (χ0v) is 15.0. The number of nitrogens with one attached hydrogen (secondary N) is 1. The van der Waals surface area contributed by atoms with Crippen LogP contribution in [-0.4, -0.2) is 29.0 Å². The standard InChI is InChI=1S/C19H21N3O2S/c1-2-18-21-16-11-15(3-4-17(16)24-18)20-19(23)22-8-5-13(6-9-22)14-7-10-25-12-14/h3-4,7,10-13H,2,5-6,8-9H2,1H3,(H,20,23). The molecule has 130 valence electrons. The first-order valence-electron chi connectivity index (χ1n) is 8.70. The number of carbonyl (C=O) groups is 1. The summed E-state index contributed by atoms with van der Waals surface area (Å²) in [6.07, 6.45) is 2.80. The Balaban J connectivity index is 1.39. The Hall–Kier alpha value is -2.34. The highest BCUT2D eigenvalue weighted by atomic mass is 32.1. The Labute approximate surface area is 150 Å². The minimum atomic E-state index is -0.0395. The second-order valence-electron chi connectivity index (χ2n) is 6.39. The topological polar surface area (TPSA) is 58.4 Å². The highest BCUT2D eigenvalue weighted by Gasteiger charge is 2.24. The van der Waals surface area contributed by atoms with Crippen LogP contribution in [0.3, 0.4) is 0 Å². The van der Waals surface area contributed by atoms with Gasteiger partial charge in [0, 0.05) is 25.2 Å². The van der Waals surface area contributed by atoms with Crippen molar-refractivity contribution in [3.05, 3.63) is 46.5 Å². The first-order chi connectivity index (χ1) is 12.2. The molecule has 1 aliphatic heterocycles. The fraction of sp³-hybridized carbons (Fsp3) is 0.368. The van der Waals surface area contributed by atoms with Crippen LogP contribution < -0.4 is 5.32 Å². The first kappa shape index (κ1) is 16.1. The van der Waals surface area contributed by atoms with Crippen LogP contribution in [0.25, 0.3) is 11.1 Å². The van der Waals surface area contributed by atoms with Crippen molar-refractivity contribution in [1.82, 2.24) is 9.88 Å². The lowest BCUT2D eigenvalue weighted by Crippen LogP contribution is -2.40. The Morgan fingerprint density at radius 3 is 2.92 bits per heavy atom. The Bertz CT molecular complexity index is 864. The molecule has 4 rings (SSSR count). The van der Waals surface area contributed by atoms with E-state index in [1.54, 1.807) is 11.3 Å². The van der Waals surface area contributed by atoms with Crippen molar-refractivity contribution in [1.29, 1.82) is 0 Å². The summed E-state index contributed by atoms with van der Waals surface area (Å²) in [5, 5.41) is 7.33. The smallest absolute Gasteiger partial charge is 0.321 e. The molecule has 1 saturated heterocycles. The average Bonchev–Trinajstić information content (AvgIpc) is 3.31. The van der Waals surface area contributed by atoms with Gasteiger partial charge >= 0.3 is 6.03 Å². The maximum Gasteiger partial charge on any atom is 0.321 e. The molecule has 6 heteroatoms. The van der Waals surface area contributed by atoms with E-state index in [9.17, 15) is 4.79 Å². The average molecular weight is 355 g/mol. The summed E-state index contributed by atoms with van der Waals surface area (Å²) in [7, 11) is 0. The van der Waals surface area contributed by atoms with Crippen LogP contribution in [0.4, 0.5) is 10.5 Å². The number of hydrogen-bond acceptors (Lipinski definition) is 4. The number of thiophene rings is 1. The number of amides is 2. The molecule has 0 unspecified atom stereocenters. The molecular formula is C19H21N3O2S.